The summed E-state index contributed by atoms with van der Waals surface area (Å²) in [6.07, 6.45) is 1.75. The van der Waals surface area contributed by atoms with Crippen LogP contribution in [0.5, 0.6) is 5.75 Å². The summed E-state index contributed by atoms with van der Waals surface area (Å²) in [4.78, 5) is 0. The van der Waals surface area contributed by atoms with Crippen molar-refractivity contribution in [3.8, 4) is 5.75 Å². The highest BCUT2D eigenvalue weighted by molar-refractivity contribution is 7.92. The van der Waals surface area contributed by atoms with Crippen molar-refractivity contribution in [1.29, 1.82) is 0 Å². The van der Waals surface area contributed by atoms with Gasteiger partial charge in [0.1, 0.15) is 12.4 Å². The van der Waals surface area contributed by atoms with Gasteiger partial charge in [-0.1, -0.05) is 54.1 Å². The lowest BCUT2D eigenvalue weighted by Crippen LogP contribution is -2.09. The van der Waals surface area contributed by atoms with E-state index in [0.717, 1.165) is 22.6 Å². The fraction of sp³-hybridized carbons (Fsp3) is 0.167. The van der Waals surface area contributed by atoms with Gasteiger partial charge < -0.3 is 4.74 Å². The molecule has 1 atom stereocenters. The molecule has 1 aliphatic rings. The first-order chi connectivity index (χ1) is 13.5. The summed E-state index contributed by atoms with van der Waals surface area (Å²) in [5.41, 5.74) is 9.16. The lowest BCUT2D eigenvalue weighted by atomic mass is 9.87. The average molecular weight is 391 g/mol. The van der Waals surface area contributed by atoms with Crippen LogP contribution in [0, 0.1) is 6.92 Å². The topological polar surface area (TPSA) is 41.5 Å². The zero-order valence-electron chi connectivity index (χ0n) is 16.3. The van der Waals surface area contributed by atoms with Gasteiger partial charge in [0, 0.05) is 5.56 Å². The Morgan fingerprint density at radius 3 is 2.64 bits per heavy atom. The van der Waals surface area contributed by atoms with Crippen LogP contribution in [0.4, 0.5) is 5.69 Å². The Labute approximate surface area is 169 Å². The number of para-hydroxylation sites is 1. The minimum atomic E-state index is -0.857. The molecule has 28 heavy (non-hydrogen) atoms. The molecular weight excluding hydrogens is 366 g/mol. The van der Waals surface area contributed by atoms with Crippen molar-refractivity contribution in [3.63, 3.8) is 0 Å². The molecule has 0 aromatic heterocycles. The van der Waals surface area contributed by atoms with Gasteiger partial charge in [-0.15, -0.1) is 0 Å². The van der Waals surface area contributed by atoms with Crippen LogP contribution in [0.2, 0.25) is 0 Å². The maximum absolute atomic E-state index is 9.70. The molecule has 0 fully saturated rings. The monoisotopic (exact) mass is 390 g/mol. The lowest BCUT2D eigenvalue weighted by molar-refractivity contribution is 0.307. The fourth-order valence-electron chi connectivity index (χ4n) is 3.72. The molecule has 1 heterocycles. The van der Waals surface area contributed by atoms with Gasteiger partial charge in [0.15, 0.2) is 6.26 Å². The molecule has 4 rings (SSSR count). The quantitative estimate of drug-likeness (QED) is 0.546. The minimum absolute atomic E-state index is 0.565. The zero-order chi connectivity index (χ0) is 19.7. The van der Waals surface area contributed by atoms with Crippen molar-refractivity contribution in [3.05, 3.63) is 94.5 Å². The Bertz CT molecular complexity index is 1060. The van der Waals surface area contributed by atoms with E-state index in [1.165, 1.54) is 27.8 Å². The van der Waals surface area contributed by atoms with E-state index in [-0.39, 0.29) is 0 Å². The Morgan fingerprint density at radius 2 is 1.82 bits per heavy atom. The van der Waals surface area contributed by atoms with Crippen LogP contribution in [0.25, 0.3) is 11.1 Å². The highest BCUT2D eigenvalue weighted by Gasteiger charge is 2.21. The zero-order valence-corrected chi connectivity index (χ0v) is 17.1. The van der Waals surface area contributed by atoms with Gasteiger partial charge in [-0.05, 0) is 59.9 Å². The summed E-state index contributed by atoms with van der Waals surface area (Å²) in [5.74, 6) is 0.908. The second kappa shape index (κ2) is 7.74. The predicted molar refractivity (Wildman–Crippen MR) is 120 cm³/mol. The molecule has 3 nitrogen and oxygen atoms in total. The Hall–Kier alpha value is -2.69. The van der Waals surface area contributed by atoms with Crippen molar-refractivity contribution < 1.29 is 9.29 Å². The van der Waals surface area contributed by atoms with Crippen LogP contribution in [0.1, 0.15) is 34.7 Å². The van der Waals surface area contributed by atoms with Gasteiger partial charge in [0.05, 0.1) is 5.69 Å². The van der Waals surface area contributed by atoms with Crippen LogP contribution < -0.4 is 9.46 Å². The van der Waals surface area contributed by atoms with Crippen molar-refractivity contribution in [2.45, 2.75) is 20.5 Å². The summed E-state index contributed by atoms with van der Waals surface area (Å²) in [6, 6.07) is 23.0. The molecule has 0 radical (unpaired) electrons. The van der Waals surface area contributed by atoms with Crippen LogP contribution in [0.3, 0.4) is 0 Å². The molecule has 0 bridgehead atoms. The first kappa shape index (κ1) is 18.7. The second-order valence-corrected chi connectivity index (χ2v) is 8.27. The number of nitrogens with one attached hydrogen (secondary N) is 1. The van der Waals surface area contributed by atoms with E-state index in [0.29, 0.717) is 6.61 Å². The third-order valence-corrected chi connectivity index (χ3v) is 5.54. The van der Waals surface area contributed by atoms with E-state index in [1.54, 1.807) is 6.26 Å². The van der Waals surface area contributed by atoms with Gasteiger partial charge in [0.2, 0.25) is 0 Å². The molecule has 0 spiro atoms. The summed E-state index contributed by atoms with van der Waals surface area (Å²) in [5, 5.41) is 0. The molecule has 0 saturated heterocycles. The number of anilines is 1. The maximum Gasteiger partial charge on any atom is 0.259 e. The molecule has 0 saturated carbocycles. The molecule has 0 amide bonds. The van der Waals surface area contributed by atoms with E-state index < -0.39 is 11.4 Å². The number of allylic oxidation sites excluding steroid dienone is 1. The standard InChI is InChI=1S/C24H24NO2S/c1-16-11-12-21-19(13-16)15-27-23-10-5-4-9-22(23)24(21)17(2)18-7-6-8-20(14-18)25-28(3)26/h4-14,25-26H,15H2,1-3H3/q+1/b24-17+. The van der Waals surface area contributed by atoms with E-state index in [4.69, 9.17) is 4.74 Å². The molecule has 3 aromatic rings. The maximum atomic E-state index is 9.70. The molecule has 2 N–H and O–H groups in total. The van der Waals surface area contributed by atoms with Gasteiger partial charge in [-0.2, -0.15) is 9.27 Å². The fourth-order valence-corrected chi connectivity index (χ4v) is 4.19. The second-order valence-electron chi connectivity index (χ2n) is 7.11. The first-order valence-corrected chi connectivity index (χ1v) is 10.9. The van der Waals surface area contributed by atoms with Gasteiger partial charge in [-0.25, -0.2) is 0 Å². The highest BCUT2D eigenvalue weighted by atomic mass is 32.2. The molecule has 1 unspecified atom stereocenters. The van der Waals surface area contributed by atoms with Crippen LogP contribution in [0.15, 0.2) is 66.7 Å². The molecular formula is C24H24NO2S+. The van der Waals surface area contributed by atoms with Crippen LogP contribution in [-0.4, -0.2) is 10.8 Å². The average Bonchev–Trinajstić information content (AvgIpc) is 2.84. The van der Waals surface area contributed by atoms with Crippen molar-refractivity contribution in [1.82, 2.24) is 0 Å². The number of hydrogen-bond acceptors (Lipinski definition) is 3. The number of aryl methyl sites for hydroxylation is 1. The summed E-state index contributed by atoms with van der Waals surface area (Å²) in [7, 11) is 0. The Kier molecular flexibility index (Phi) is 5.16. The van der Waals surface area contributed by atoms with Crippen LogP contribution in [-0.2, 0) is 18.0 Å². The van der Waals surface area contributed by atoms with Crippen molar-refractivity contribution >= 4 is 28.2 Å². The Balaban J connectivity index is 1.95. The smallest absolute Gasteiger partial charge is 0.259 e. The summed E-state index contributed by atoms with van der Waals surface area (Å²) in [6.45, 7) is 4.83. The Morgan fingerprint density at radius 1 is 1.00 bits per heavy atom. The van der Waals surface area contributed by atoms with E-state index >= 15 is 0 Å². The molecule has 142 valence electrons. The molecule has 1 aliphatic heterocycles. The third kappa shape index (κ3) is 3.66. The number of ether oxygens (including phenoxy) is 1. The summed E-state index contributed by atoms with van der Waals surface area (Å²) >= 11 is -0.857. The van der Waals surface area contributed by atoms with E-state index in [2.05, 4.69) is 61.0 Å². The van der Waals surface area contributed by atoms with Crippen molar-refractivity contribution in [2.75, 3.05) is 11.0 Å². The molecule has 3 aromatic carbocycles. The predicted octanol–water partition coefficient (Wildman–Crippen LogP) is 5.91. The SMILES string of the molecule is C/C(=C1/c2ccc(C)cc2COc2ccccc21)c1cccc(N[S+](C)O)c1. The van der Waals surface area contributed by atoms with Crippen molar-refractivity contribution in [2.24, 2.45) is 0 Å². The highest BCUT2D eigenvalue weighted by Crippen LogP contribution is 2.41. The minimum Gasteiger partial charge on any atom is -0.488 e. The normalized spacial score (nSPS) is 15.6. The van der Waals surface area contributed by atoms with E-state index in [1.807, 2.05) is 24.3 Å². The van der Waals surface area contributed by atoms with Crippen LogP contribution >= 0.6 is 0 Å². The van der Waals surface area contributed by atoms with Gasteiger partial charge >= 0.3 is 0 Å². The number of benzene rings is 3. The first-order valence-electron chi connectivity index (χ1n) is 9.28. The van der Waals surface area contributed by atoms with Gasteiger partial charge in [0.25, 0.3) is 11.4 Å². The number of hydrogen-bond donors (Lipinski definition) is 2. The third-order valence-electron chi connectivity index (χ3n) is 5.01. The summed E-state index contributed by atoms with van der Waals surface area (Å²) < 4.78 is 18.9. The lowest BCUT2D eigenvalue weighted by Gasteiger charge is -2.16. The largest absolute Gasteiger partial charge is 0.488 e. The number of rotatable bonds is 3. The molecule has 0 aliphatic carbocycles. The van der Waals surface area contributed by atoms with Gasteiger partial charge in [-0.3, -0.25) is 0 Å². The number of fused-ring (bicyclic) bond motifs is 2. The molecule has 4 heteroatoms. The van der Waals surface area contributed by atoms with E-state index in [9.17, 15) is 4.55 Å².